The van der Waals surface area contributed by atoms with Crippen LogP contribution in [0.1, 0.15) is 120 Å². The SMILES string of the molecule is CCCOc1cc(COc2ccc(C(C)(c3ccc(OCc4cc(OCCC)cc(OCCC)c4)cc3)c3ccc(OCc4cc(OCCC)cc(OCCC)c4)cc3)cc2)cc(OCCC)c1. The maximum Gasteiger partial charge on any atom is 0.123 e. The zero-order chi connectivity index (χ0) is 48.0. The van der Waals surface area contributed by atoms with Crippen molar-refractivity contribution in [2.75, 3.05) is 39.6 Å². The van der Waals surface area contributed by atoms with Gasteiger partial charge in [0.2, 0.25) is 0 Å². The lowest BCUT2D eigenvalue weighted by Crippen LogP contribution is -2.25. The van der Waals surface area contributed by atoms with Crippen molar-refractivity contribution >= 4 is 0 Å². The first kappa shape index (κ1) is 50.9. The standard InChI is InChI=1S/C59H72O9/c1-8-26-60-53-32-44(33-54(38-53)61-27-9-2)41-66-50-20-14-47(15-21-50)59(7,48-16-22-51(23-17-48)67-42-45-34-55(62-28-10-3)39-56(35-45)63-29-11-4)49-18-24-52(25-19-49)68-43-46-36-57(64-30-12-5)40-58(37-46)65-31-13-6/h14-25,32-40H,8-13,26-31,41-43H2,1-7H3. The molecule has 0 unspecified atom stereocenters. The Kier molecular flexibility index (Phi) is 20.0. The minimum Gasteiger partial charge on any atom is -0.493 e. The number of hydrogen-bond acceptors (Lipinski definition) is 9. The first-order valence-corrected chi connectivity index (χ1v) is 24.6. The molecule has 6 aromatic rings. The Balaban J connectivity index is 1.24. The van der Waals surface area contributed by atoms with Gasteiger partial charge in [0, 0.05) is 23.6 Å². The first-order chi connectivity index (χ1) is 33.3. The predicted octanol–water partition coefficient (Wildman–Crippen LogP) is 14.5. The van der Waals surface area contributed by atoms with Crippen LogP contribution in [-0.4, -0.2) is 39.6 Å². The summed E-state index contributed by atoms with van der Waals surface area (Å²) in [6.45, 7) is 19.8. The van der Waals surface area contributed by atoms with Crippen LogP contribution in [0.3, 0.4) is 0 Å². The summed E-state index contributed by atoms with van der Waals surface area (Å²) in [6.07, 6.45) is 5.55. The molecular weight excluding hydrogens is 853 g/mol. The van der Waals surface area contributed by atoms with Crippen LogP contribution in [-0.2, 0) is 25.2 Å². The Labute approximate surface area is 405 Å². The third kappa shape index (κ3) is 15.0. The van der Waals surface area contributed by atoms with E-state index in [1.165, 1.54) is 0 Å². The summed E-state index contributed by atoms with van der Waals surface area (Å²) >= 11 is 0. The van der Waals surface area contributed by atoms with Crippen molar-refractivity contribution in [3.63, 3.8) is 0 Å². The summed E-state index contributed by atoms with van der Waals surface area (Å²) in [5.41, 5.74) is 5.69. The van der Waals surface area contributed by atoms with Crippen molar-refractivity contribution in [2.45, 2.75) is 112 Å². The Bertz CT molecular complexity index is 2050. The molecule has 0 aromatic heterocycles. The molecule has 0 saturated heterocycles. The van der Waals surface area contributed by atoms with Gasteiger partial charge < -0.3 is 42.6 Å². The molecule has 0 aliphatic rings. The van der Waals surface area contributed by atoms with Crippen LogP contribution < -0.4 is 42.6 Å². The average molecular weight is 925 g/mol. The van der Waals surface area contributed by atoms with E-state index in [0.717, 1.165) is 124 Å². The predicted molar refractivity (Wildman–Crippen MR) is 272 cm³/mol. The highest BCUT2D eigenvalue weighted by Crippen LogP contribution is 2.41. The van der Waals surface area contributed by atoms with Crippen molar-refractivity contribution in [1.82, 2.24) is 0 Å². The molecule has 0 aliphatic carbocycles. The molecule has 362 valence electrons. The first-order valence-electron chi connectivity index (χ1n) is 24.6. The fourth-order valence-electron chi connectivity index (χ4n) is 7.61. The average Bonchev–Trinajstić information content (AvgIpc) is 3.37. The van der Waals surface area contributed by atoms with Gasteiger partial charge in [0.1, 0.15) is 71.6 Å². The smallest absolute Gasteiger partial charge is 0.123 e. The van der Waals surface area contributed by atoms with E-state index in [1.807, 2.05) is 91.0 Å². The summed E-state index contributed by atoms with van der Waals surface area (Å²) in [7, 11) is 0. The normalized spacial score (nSPS) is 11.2. The van der Waals surface area contributed by atoms with Gasteiger partial charge in [0.05, 0.1) is 39.6 Å². The molecule has 0 heterocycles. The lowest BCUT2D eigenvalue weighted by Gasteiger charge is -2.32. The monoisotopic (exact) mass is 925 g/mol. The maximum absolute atomic E-state index is 6.38. The van der Waals surface area contributed by atoms with E-state index in [4.69, 9.17) is 42.6 Å². The van der Waals surface area contributed by atoms with Crippen LogP contribution in [0.25, 0.3) is 0 Å². The van der Waals surface area contributed by atoms with Gasteiger partial charge in [0.15, 0.2) is 0 Å². The van der Waals surface area contributed by atoms with Crippen LogP contribution in [0.4, 0.5) is 0 Å². The number of benzene rings is 6. The van der Waals surface area contributed by atoms with E-state index in [2.05, 4.69) is 84.9 Å². The largest absolute Gasteiger partial charge is 0.493 e. The Morgan fingerprint density at radius 2 is 0.471 bits per heavy atom. The van der Waals surface area contributed by atoms with E-state index in [9.17, 15) is 0 Å². The van der Waals surface area contributed by atoms with Gasteiger partial charge in [-0.05, 0) is 152 Å². The second-order valence-electron chi connectivity index (χ2n) is 17.1. The lowest BCUT2D eigenvalue weighted by molar-refractivity contribution is 0.289. The highest BCUT2D eigenvalue weighted by atomic mass is 16.5. The molecule has 0 saturated carbocycles. The zero-order valence-electron chi connectivity index (χ0n) is 41.4. The summed E-state index contributed by atoms with van der Waals surface area (Å²) in [6, 6.07) is 43.2. The lowest BCUT2D eigenvalue weighted by atomic mass is 9.71. The second kappa shape index (κ2) is 26.8. The minimum atomic E-state index is -0.557. The van der Waals surface area contributed by atoms with E-state index >= 15 is 0 Å². The van der Waals surface area contributed by atoms with E-state index in [-0.39, 0.29) is 0 Å². The van der Waals surface area contributed by atoms with Gasteiger partial charge in [-0.3, -0.25) is 0 Å². The fourth-order valence-corrected chi connectivity index (χ4v) is 7.61. The summed E-state index contributed by atoms with van der Waals surface area (Å²) in [5, 5.41) is 0. The molecule has 0 spiro atoms. The van der Waals surface area contributed by atoms with Gasteiger partial charge in [-0.15, -0.1) is 0 Å². The molecule has 9 heteroatoms. The van der Waals surface area contributed by atoms with Crippen LogP contribution in [0.15, 0.2) is 127 Å². The molecule has 6 rings (SSSR count). The maximum atomic E-state index is 6.38. The summed E-state index contributed by atoms with van der Waals surface area (Å²) in [5.74, 6) is 7.00. The van der Waals surface area contributed by atoms with Crippen LogP contribution >= 0.6 is 0 Å². The molecule has 0 bridgehead atoms. The van der Waals surface area contributed by atoms with Crippen molar-refractivity contribution in [3.8, 4) is 51.7 Å². The fraction of sp³-hybridized carbons (Fsp3) is 0.390. The van der Waals surface area contributed by atoms with Crippen molar-refractivity contribution in [1.29, 1.82) is 0 Å². The van der Waals surface area contributed by atoms with Gasteiger partial charge in [-0.25, -0.2) is 0 Å². The molecule has 0 N–H and O–H groups in total. The van der Waals surface area contributed by atoms with Crippen LogP contribution in [0.5, 0.6) is 51.7 Å². The minimum absolute atomic E-state index is 0.373. The zero-order valence-corrected chi connectivity index (χ0v) is 41.4. The van der Waals surface area contributed by atoms with Gasteiger partial charge in [0.25, 0.3) is 0 Å². The molecule has 6 aromatic carbocycles. The Hall–Kier alpha value is -6.48. The topological polar surface area (TPSA) is 83.1 Å². The number of ether oxygens (including phenoxy) is 9. The number of hydrogen-bond donors (Lipinski definition) is 0. The van der Waals surface area contributed by atoms with Crippen LogP contribution in [0, 0.1) is 0 Å². The Morgan fingerprint density at radius 1 is 0.265 bits per heavy atom. The van der Waals surface area contributed by atoms with E-state index in [0.29, 0.717) is 59.5 Å². The molecule has 0 radical (unpaired) electrons. The molecule has 0 aliphatic heterocycles. The quantitative estimate of drug-likeness (QED) is 0.0410. The molecule has 9 nitrogen and oxygen atoms in total. The third-order valence-corrected chi connectivity index (χ3v) is 11.2. The molecule has 0 atom stereocenters. The molecule has 0 amide bonds. The van der Waals surface area contributed by atoms with Gasteiger partial charge >= 0.3 is 0 Å². The van der Waals surface area contributed by atoms with Crippen molar-refractivity contribution < 1.29 is 42.6 Å². The molecule has 0 fully saturated rings. The van der Waals surface area contributed by atoms with Gasteiger partial charge in [-0.2, -0.15) is 0 Å². The molecular formula is C59H72O9. The highest BCUT2D eigenvalue weighted by Gasteiger charge is 2.31. The second-order valence-corrected chi connectivity index (χ2v) is 17.1. The van der Waals surface area contributed by atoms with Crippen LogP contribution in [0.2, 0.25) is 0 Å². The van der Waals surface area contributed by atoms with E-state index < -0.39 is 5.41 Å². The summed E-state index contributed by atoms with van der Waals surface area (Å²) < 4.78 is 55.0. The van der Waals surface area contributed by atoms with Gasteiger partial charge in [-0.1, -0.05) is 77.9 Å². The number of rotatable bonds is 30. The van der Waals surface area contributed by atoms with E-state index in [1.54, 1.807) is 0 Å². The summed E-state index contributed by atoms with van der Waals surface area (Å²) in [4.78, 5) is 0. The Morgan fingerprint density at radius 3 is 0.662 bits per heavy atom. The van der Waals surface area contributed by atoms with Crippen molar-refractivity contribution in [2.24, 2.45) is 0 Å². The third-order valence-electron chi connectivity index (χ3n) is 11.2. The molecule has 68 heavy (non-hydrogen) atoms. The van der Waals surface area contributed by atoms with Crippen molar-refractivity contribution in [3.05, 3.63) is 161 Å². The highest BCUT2D eigenvalue weighted by molar-refractivity contribution is 5.52.